The van der Waals surface area contributed by atoms with Crippen molar-refractivity contribution < 1.29 is 9.59 Å². The average molecular weight is 268 g/mol. The minimum Gasteiger partial charge on any atom is -0.344 e. The van der Waals surface area contributed by atoms with E-state index in [0.29, 0.717) is 12.2 Å². The second kappa shape index (κ2) is 4.96. The molecule has 0 bridgehead atoms. The lowest BCUT2D eigenvalue weighted by molar-refractivity contribution is -0.116. The second-order valence-electron chi connectivity index (χ2n) is 5.23. The molecule has 0 saturated heterocycles. The first-order valence-corrected chi connectivity index (χ1v) is 6.69. The largest absolute Gasteiger partial charge is 0.344 e. The third-order valence-electron chi connectivity index (χ3n) is 3.64. The van der Waals surface area contributed by atoms with Crippen LogP contribution in [-0.4, -0.2) is 16.3 Å². The van der Waals surface area contributed by atoms with Gasteiger partial charge in [-0.15, -0.1) is 0 Å². The average Bonchev–Trinajstić information content (AvgIpc) is 2.97. The van der Waals surface area contributed by atoms with E-state index in [-0.39, 0.29) is 24.0 Å². The van der Waals surface area contributed by atoms with E-state index in [9.17, 15) is 9.59 Å². The molecule has 0 spiro atoms. The van der Waals surface area contributed by atoms with Gasteiger partial charge in [-0.2, -0.15) is 0 Å². The zero-order chi connectivity index (χ0) is 14.1. The van der Waals surface area contributed by atoms with Crippen molar-refractivity contribution in [3.63, 3.8) is 0 Å². The first-order chi connectivity index (χ1) is 9.63. The van der Waals surface area contributed by atoms with E-state index in [2.05, 4.69) is 5.32 Å². The SMILES string of the molecule is Cc1ccc(NC(=O)C[C@H]2Cn3cccc3C2=O)cc1. The van der Waals surface area contributed by atoms with Crippen molar-refractivity contribution in [1.82, 2.24) is 4.57 Å². The van der Waals surface area contributed by atoms with Crippen molar-refractivity contribution in [2.24, 2.45) is 5.92 Å². The second-order valence-corrected chi connectivity index (χ2v) is 5.23. The highest BCUT2D eigenvalue weighted by Gasteiger charge is 2.31. The quantitative estimate of drug-likeness (QED) is 0.930. The van der Waals surface area contributed by atoms with Crippen LogP contribution in [-0.2, 0) is 11.3 Å². The number of anilines is 1. The number of fused-ring (bicyclic) bond motifs is 1. The molecule has 1 aliphatic heterocycles. The van der Waals surface area contributed by atoms with Crippen molar-refractivity contribution in [3.05, 3.63) is 53.9 Å². The van der Waals surface area contributed by atoms with E-state index >= 15 is 0 Å². The highest BCUT2D eigenvalue weighted by molar-refractivity contribution is 6.02. The number of carbonyl (C=O) groups is 2. The molecule has 4 heteroatoms. The Morgan fingerprint density at radius 2 is 2.05 bits per heavy atom. The van der Waals surface area contributed by atoms with Crippen LogP contribution in [0.25, 0.3) is 0 Å². The molecule has 0 saturated carbocycles. The third kappa shape index (κ3) is 2.37. The number of nitrogens with zero attached hydrogens (tertiary/aromatic N) is 1. The number of hydrogen-bond acceptors (Lipinski definition) is 2. The van der Waals surface area contributed by atoms with E-state index < -0.39 is 0 Å². The molecule has 0 radical (unpaired) electrons. The zero-order valence-electron chi connectivity index (χ0n) is 11.3. The molecule has 0 fully saturated rings. The zero-order valence-corrected chi connectivity index (χ0v) is 11.3. The summed E-state index contributed by atoms with van der Waals surface area (Å²) in [6.45, 7) is 2.60. The summed E-state index contributed by atoms with van der Waals surface area (Å²) in [5.41, 5.74) is 2.62. The molecule has 0 unspecified atom stereocenters. The van der Waals surface area contributed by atoms with Crippen molar-refractivity contribution >= 4 is 17.4 Å². The number of ketones is 1. The summed E-state index contributed by atoms with van der Waals surface area (Å²) in [5.74, 6) is -0.288. The molecule has 1 amide bonds. The summed E-state index contributed by atoms with van der Waals surface area (Å²) in [4.78, 5) is 24.1. The minimum atomic E-state index is -0.239. The summed E-state index contributed by atoms with van der Waals surface area (Å²) in [5, 5.41) is 2.84. The maximum absolute atomic E-state index is 12.1. The number of aryl methyl sites for hydroxylation is 1. The molecular formula is C16H16N2O2. The van der Waals surface area contributed by atoms with Crippen LogP contribution in [0.15, 0.2) is 42.6 Å². The number of hydrogen-bond donors (Lipinski definition) is 1. The van der Waals surface area contributed by atoms with Gasteiger partial charge < -0.3 is 9.88 Å². The molecule has 0 aliphatic carbocycles. The molecule has 1 N–H and O–H groups in total. The standard InChI is InChI=1S/C16H16N2O2/c1-11-4-6-13(7-5-11)17-15(19)9-12-10-18-8-2-3-14(18)16(12)20/h2-8,12H,9-10H2,1H3,(H,17,19)/t12-/m0/s1. The van der Waals surface area contributed by atoms with E-state index in [1.54, 1.807) is 6.07 Å². The number of rotatable bonds is 3. The van der Waals surface area contributed by atoms with Crippen molar-refractivity contribution in [2.45, 2.75) is 19.9 Å². The van der Waals surface area contributed by atoms with Gasteiger partial charge in [-0.1, -0.05) is 17.7 Å². The lowest BCUT2D eigenvalue weighted by Crippen LogP contribution is -2.20. The van der Waals surface area contributed by atoms with Gasteiger partial charge in [-0.25, -0.2) is 0 Å². The first-order valence-electron chi connectivity index (χ1n) is 6.69. The number of carbonyl (C=O) groups excluding carboxylic acids is 2. The maximum Gasteiger partial charge on any atom is 0.225 e. The van der Waals surface area contributed by atoms with E-state index in [0.717, 1.165) is 11.3 Å². The Kier molecular flexibility index (Phi) is 3.14. The van der Waals surface area contributed by atoms with Crippen molar-refractivity contribution in [3.8, 4) is 0 Å². The van der Waals surface area contributed by atoms with Gasteiger partial charge in [0.15, 0.2) is 5.78 Å². The number of Topliss-reactive ketones (excluding diaryl/α,β-unsaturated/α-hetero) is 1. The summed E-state index contributed by atoms with van der Waals surface area (Å²) in [7, 11) is 0. The third-order valence-corrected chi connectivity index (χ3v) is 3.64. The van der Waals surface area contributed by atoms with Gasteiger partial charge in [0, 0.05) is 24.8 Å². The van der Waals surface area contributed by atoms with Gasteiger partial charge in [0.2, 0.25) is 5.91 Å². The summed E-state index contributed by atoms with van der Waals surface area (Å²) in [6, 6.07) is 11.3. The van der Waals surface area contributed by atoms with Crippen LogP contribution >= 0.6 is 0 Å². The molecule has 2 heterocycles. The van der Waals surface area contributed by atoms with Crippen LogP contribution in [0.2, 0.25) is 0 Å². The van der Waals surface area contributed by atoms with Gasteiger partial charge in [0.1, 0.15) is 0 Å². The van der Waals surface area contributed by atoms with Crippen LogP contribution in [0.5, 0.6) is 0 Å². The molecule has 4 nitrogen and oxygen atoms in total. The minimum absolute atomic E-state index is 0.0639. The number of amides is 1. The topological polar surface area (TPSA) is 51.1 Å². The number of nitrogens with one attached hydrogen (secondary N) is 1. The van der Waals surface area contributed by atoms with Crippen LogP contribution < -0.4 is 5.32 Å². The Morgan fingerprint density at radius 1 is 1.30 bits per heavy atom. The fourth-order valence-corrected chi connectivity index (χ4v) is 2.56. The van der Waals surface area contributed by atoms with Gasteiger partial charge in [-0.05, 0) is 31.2 Å². The van der Waals surface area contributed by atoms with Gasteiger partial charge >= 0.3 is 0 Å². The Balaban J connectivity index is 1.62. The highest BCUT2D eigenvalue weighted by Crippen LogP contribution is 2.24. The maximum atomic E-state index is 12.1. The summed E-state index contributed by atoms with van der Waals surface area (Å²) >= 11 is 0. The molecule has 1 aromatic carbocycles. The first kappa shape index (κ1) is 12.7. The van der Waals surface area contributed by atoms with Crippen molar-refractivity contribution in [1.29, 1.82) is 0 Å². The van der Waals surface area contributed by atoms with Gasteiger partial charge in [0.05, 0.1) is 11.6 Å². The summed E-state index contributed by atoms with van der Waals surface area (Å²) in [6.07, 6.45) is 2.11. The molecule has 1 aliphatic rings. The Bertz CT molecular complexity index is 655. The van der Waals surface area contributed by atoms with Crippen molar-refractivity contribution in [2.75, 3.05) is 5.32 Å². The summed E-state index contributed by atoms with van der Waals surface area (Å²) < 4.78 is 1.91. The van der Waals surface area contributed by atoms with Gasteiger partial charge in [0.25, 0.3) is 0 Å². The number of benzene rings is 1. The monoisotopic (exact) mass is 268 g/mol. The van der Waals surface area contributed by atoms with Crippen LogP contribution in [0, 0.1) is 12.8 Å². The Hall–Kier alpha value is -2.36. The van der Waals surface area contributed by atoms with Crippen LogP contribution in [0.1, 0.15) is 22.5 Å². The van der Waals surface area contributed by atoms with Gasteiger partial charge in [-0.3, -0.25) is 9.59 Å². The Morgan fingerprint density at radius 3 is 2.75 bits per heavy atom. The molecule has 1 aromatic heterocycles. The predicted octanol–water partition coefficient (Wildman–Crippen LogP) is 2.64. The highest BCUT2D eigenvalue weighted by atomic mass is 16.2. The fourth-order valence-electron chi connectivity index (χ4n) is 2.56. The lowest BCUT2D eigenvalue weighted by atomic mass is 10.0. The molecule has 1 atom stereocenters. The predicted molar refractivity (Wildman–Crippen MR) is 76.7 cm³/mol. The Labute approximate surface area is 117 Å². The van der Waals surface area contributed by atoms with Crippen LogP contribution in [0.3, 0.4) is 0 Å². The molecule has 20 heavy (non-hydrogen) atoms. The lowest BCUT2D eigenvalue weighted by Gasteiger charge is -2.09. The molecule has 3 rings (SSSR count). The van der Waals surface area contributed by atoms with Crippen LogP contribution in [0.4, 0.5) is 5.69 Å². The normalized spacial score (nSPS) is 17.1. The van der Waals surface area contributed by atoms with E-state index in [1.807, 2.05) is 48.0 Å². The van der Waals surface area contributed by atoms with E-state index in [4.69, 9.17) is 0 Å². The van der Waals surface area contributed by atoms with E-state index in [1.165, 1.54) is 0 Å². The smallest absolute Gasteiger partial charge is 0.225 e. The molecule has 2 aromatic rings. The molecule has 102 valence electrons. The number of aromatic nitrogens is 1. The fraction of sp³-hybridized carbons (Fsp3) is 0.250. The molecular weight excluding hydrogens is 252 g/mol.